The Kier molecular flexibility index (Phi) is 5.95. The van der Waals surface area contributed by atoms with Crippen LogP contribution < -0.4 is 10.2 Å². The molecule has 2 amide bonds. The molecular weight excluding hydrogens is 362 g/mol. The van der Waals surface area contributed by atoms with Gasteiger partial charge in [-0.15, -0.1) is 0 Å². The summed E-state index contributed by atoms with van der Waals surface area (Å²) < 4.78 is 0. The number of nitrogens with zero attached hydrogens (tertiary/aromatic N) is 2. The number of likely N-dealkylation sites (tertiary alicyclic amines) is 1. The molecule has 2 saturated heterocycles. The van der Waals surface area contributed by atoms with Gasteiger partial charge in [-0.25, -0.2) is 0 Å². The van der Waals surface area contributed by atoms with Gasteiger partial charge in [-0.2, -0.15) is 0 Å². The molecule has 29 heavy (non-hydrogen) atoms. The molecule has 2 fully saturated rings. The Morgan fingerprint density at radius 3 is 2.28 bits per heavy atom. The summed E-state index contributed by atoms with van der Waals surface area (Å²) in [5.41, 5.74) is 4.00. The van der Waals surface area contributed by atoms with Crippen molar-refractivity contribution >= 4 is 17.5 Å². The number of rotatable bonds is 6. The van der Waals surface area contributed by atoms with Crippen LogP contribution in [0.4, 0.5) is 5.69 Å². The van der Waals surface area contributed by atoms with Crippen molar-refractivity contribution < 1.29 is 9.59 Å². The minimum Gasteiger partial charge on any atom is -0.350 e. The summed E-state index contributed by atoms with van der Waals surface area (Å²) in [6, 6.07) is 16.2. The van der Waals surface area contributed by atoms with Gasteiger partial charge in [0.2, 0.25) is 5.91 Å². The van der Waals surface area contributed by atoms with Crippen molar-refractivity contribution in [3.63, 3.8) is 0 Å². The lowest BCUT2D eigenvalue weighted by Gasteiger charge is -2.28. The number of benzene rings is 2. The van der Waals surface area contributed by atoms with Gasteiger partial charge in [0.1, 0.15) is 0 Å². The van der Waals surface area contributed by atoms with E-state index in [-0.39, 0.29) is 17.9 Å². The predicted molar refractivity (Wildman–Crippen MR) is 115 cm³/mol. The van der Waals surface area contributed by atoms with Crippen LogP contribution in [0, 0.1) is 6.92 Å². The van der Waals surface area contributed by atoms with Gasteiger partial charge in [0.25, 0.3) is 5.91 Å². The van der Waals surface area contributed by atoms with Crippen LogP contribution in [0.25, 0.3) is 0 Å². The zero-order chi connectivity index (χ0) is 20.2. The van der Waals surface area contributed by atoms with Crippen molar-refractivity contribution in [3.8, 4) is 0 Å². The second-order valence-electron chi connectivity index (χ2n) is 8.08. The Labute approximate surface area is 172 Å². The first kappa shape index (κ1) is 19.6. The first-order chi connectivity index (χ1) is 14.1. The number of aryl methyl sites for hydroxylation is 1. The van der Waals surface area contributed by atoms with E-state index in [1.165, 1.54) is 24.0 Å². The highest BCUT2D eigenvalue weighted by Crippen LogP contribution is 2.25. The molecule has 152 valence electrons. The summed E-state index contributed by atoms with van der Waals surface area (Å²) in [5, 5.41) is 3.13. The van der Waals surface area contributed by atoms with E-state index in [2.05, 4.69) is 41.4 Å². The molecule has 4 rings (SSSR count). The second-order valence-corrected chi connectivity index (χ2v) is 8.08. The predicted octanol–water partition coefficient (Wildman–Crippen LogP) is 3.69. The minimum absolute atomic E-state index is 0.0689. The van der Waals surface area contributed by atoms with Crippen LogP contribution in [0.5, 0.6) is 0 Å². The molecule has 1 N–H and O–H groups in total. The highest BCUT2D eigenvalue weighted by Gasteiger charge is 2.25. The first-order valence-electron chi connectivity index (χ1n) is 10.6. The number of hydrogen-bond donors (Lipinski definition) is 1. The summed E-state index contributed by atoms with van der Waals surface area (Å²) in [5.74, 6) is 0.0920. The van der Waals surface area contributed by atoms with E-state index in [0.29, 0.717) is 18.5 Å². The largest absolute Gasteiger partial charge is 0.350 e. The molecule has 0 radical (unpaired) electrons. The summed E-state index contributed by atoms with van der Waals surface area (Å²) >= 11 is 0. The van der Waals surface area contributed by atoms with E-state index in [9.17, 15) is 9.59 Å². The lowest BCUT2D eigenvalue weighted by molar-refractivity contribution is -0.117. The van der Waals surface area contributed by atoms with Crippen LogP contribution in [-0.2, 0) is 4.79 Å². The number of carbonyl (C=O) groups is 2. The van der Waals surface area contributed by atoms with E-state index in [0.717, 1.165) is 31.7 Å². The second kappa shape index (κ2) is 8.78. The summed E-state index contributed by atoms with van der Waals surface area (Å²) in [4.78, 5) is 28.9. The lowest BCUT2D eigenvalue weighted by atomic mass is 10.0. The van der Waals surface area contributed by atoms with Crippen LogP contribution in [0.1, 0.15) is 53.2 Å². The van der Waals surface area contributed by atoms with Crippen LogP contribution in [0.15, 0.2) is 48.5 Å². The van der Waals surface area contributed by atoms with Crippen molar-refractivity contribution in [1.29, 1.82) is 0 Å². The molecule has 2 aromatic carbocycles. The molecule has 5 nitrogen and oxygen atoms in total. The molecule has 1 unspecified atom stereocenters. The average molecular weight is 392 g/mol. The van der Waals surface area contributed by atoms with Gasteiger partial charge in [-0.05, 0) is 69.1 Å². The van der Waals surface area contributed by atoms with Gasteiger partial charge in [-0.3, -0.25) is 14.5 Å². The van der Waals surface area contributed by atoms with Crippen LogP contribution in [-0.4, -0.2) is 42.9 Å². The minimum atomic E-state index is -0.0689. The highest BCUT2D eigenvalue weighted by molar-refractivity contribution is 5.97. The van der Waals surface area contributed by atoms with E-state index >= 15 is 0 Å². The third-order valence-corrected chi connectivity index (χ3v) is 6.01. The molecule has 1 atom stereocenters. The SMILES string of the molecule is Cc1ccc(C(CNC(=O)c2ccc(N3CCCC3=O)cc2)N2CCCC2)cc1. The quantitative estimate of drug-likeness (QED) is 0.817. The molecule has 0 aromatic heterocycles. The van der Waals surface area contributed by atoms with E-state index in [4.69, 9.17) is 0 Å². The Hall–Kier alpha value is -2.66. The third kappa shape index (κ3) is 4.51. The fraction of sp³-hybridized carbons (Fsp3) is 0.417. The fourth-order valence-corrected chi connectivity index (χ4v) is 4.30. The molecule has 5 heteroatoms. The number of nitrogens with one attached hydrogen (secondary N) is 1. The standard InChI is InChI=1S/C24H29N3O2/c1-18-6-8-19(9-7-18)22(26-14-2-3-15-26)17-25-24(29)20-10-12-21(13-11-20)27-16-4-5-23(27)28/h6-13,22H,2-5,14-17H2,1H3,(H,25,29). The smallest absolute Gasteiger partial charge is 0.251 e. The maximum atomic E-state index is 12.7. The Morgan fingerprint density at radius 1 is 0.966 bits per heavy atom. The highest BCUT2D eigenvalue weighted by atomic mass is 16.2. The van der Waals surface area contributed by atoms with Gasteiger partial charge in [0, 0.05) is 30.8 Å². The first-order valence-corrected chi connectivity index (χ1v) is 10.6. The Bertz CT molecular complexity index is 855. The van der Waals surface area contributed by atoms with Crippen molar-refractivity contribution in [2.24, 2.45) is 0 Å². The topological polar surface area (TPSA) is 52.7 Å². The number of carbonyl (C=O) groups excluding carboxylic acids is 2. The maximum absolute atomic E-state index is 12.7. The monoisotopic (exact) mass is 391 g/mol. The van der Waals surface area contributed by atoms with Crippen LogP contribution >= 0.6 is 0 Å². The maximum Gasteiger partial charge on any atom is 0.251 e. The molecular formula is C24H29N3O2. The van der Waals surface area contributed by atoms with Gasteiger partial charge >= 0.3 is 0 Å². The zero-order valence-corrected chi connectivity index (χ0v) is 17.1. The molecule has 0 spiro atoms. The molecule has 2 aliphatic rings. The van der Waals surface area contributed by atoms with Crippen molar-refractivity contribution in [2.75, 3.05) is 31.1 Å². The number of amides is 2. The van der Waals surface area contributed by atoms with Gasteiger partial charge in [0.15, 0.2) is 0 Å². The lowest BCUT2D eigenvalue weighted by Crippen LogP contribution is -2.36. The normalized spacial score (nSPS) is 18.2. The molecule has 0 aliphatic carbocycles. The molecule has 0 saturated carbocycles. The van der Waals surface area contributed by atoms with Crippen molar-refractivity contribution in [2.45, 2.75) is 38.6 Å². The van der Waals surface area contributed by atoms with Crippen molar-refractivity contribution in [1.82, 2.24) is 10.2 Å². The van der Waals surface area contributed by atoms with E-state index < -0.39 is 0 Å². The zero-order valence-electron chi connectivity index (χ0n) is 17.1. The fourth-order valence-electron chi connectivity index (χ4n) is 4.30. The van der Waals surface area contributed by atoms with Crippen molar-refractivity contribution in [3.05, 3.63) is 65.2 Å². The van der Waals surface area contributed by atoms with E-state index in [1.807, 2.05) is 24.3 Å². The summed E-state index contributed by atoms with van der Waals surface area (Å²) in [6.07, 6.45) is 3.94. The summed E-state index contributed by atoms with van der Waals surface area (Å²) in [7, 11) is 0. The van der Waals surface area contributed by atoms with E-state index in [1.54, 1.807) is 4.90 Å². The molecule has 0 bridgehead atoms. The molecule has 2 aromatic rings. The molecule has 2 aliphatic heterocycles. The summed E-state index contributed by atoms with van der Waals surface area (Å²) in [6.45, 7) is 5.60. The number of hydrogen-bond acceptors (Lipinski definition) is 3. The average Bonchev–Trinajstić information content (AvgIpc) is 3.41. The van der Waals surface area contributed by atoms with Gasteiger partial charge in [-0.1, -0.05) is 29.8 Å². The Balaban J connectivity index is 1.42. The molecule has 2 heterocycles. The van der Waals surface area contributed by atoms with Gasteiger partial charge < -0.3 is 10.2 Å². The number of anilines is 1. The third-order valence-electron chi connectivity index (χ3n) is 6.01. The van der Waals surface area contributed by atoms with Crippen LogP contribution in [0.2, 0.25) is 0 Å². The Morgan fingerprint density at radius 2 is 1.66 bits per heavy atom. The van der Waals surface area contributed by atoms with Gasteiger partial charge in [0.05, 0.1) is 6.04 Å². The van der Waals surface area contributed by atoms with Crippen LogP contribution in [0.3, 0.4) is 0 Å².